The average molecular weight is 225 g/mol. The average Bonchev–Trinajstić information content (AvgIpc) is 2.73. The number of nitrogen functional groups attached to an aromatic ring is 1. The van der Waals surface area contributed by atoms with E-state index in [9.17, 15) is 0 Å². The molecular formula is C12H17ClN2. The number of hydrogen-bond donors (Lipinski definition) is 2. The van der Waals surface area contributed by atoms with Crippen LogP contribution in [-0.4, -0.2) is 13.1 Å². The smallest absolute Gasteiger partial charge is 0.0638 e. The number of benzene rings is 1. The summed E-state index contributed by atoms with van der Waals surface area (Å²) in [4.78, 5) is 0. The number of aryl methyl sites for hydroxylation is 1. The van der Waals surface area contributed by atoms with E-state index >= 15 is 0 Å². The van der Waals surface area contributed by atoms with E-state index in [0.29, 0.717) is 10.7 Å². The molecule has 1 aromatic carbocycles. The minimum atomic E-state index is 0.669. The van der Waals surface area contributed by atoms with Gasteiger partial charge in [0.2, 0.25) is 0 Å². The van der Waals surface area contributed by atoms with Crippen molar-refractivity contribution in [3.63, 3.8) is 0 Å². The van der Waals surface area contributed by atoms with E-state index in [1.165, 1.54) is 31.5 Å². The van der Waals surface area contributed by atoms with Gasteiger partial charge in [-0.15, -0.1) is 0 Å². The summed E-state index contributed by atoms with van der Waals surface area (Å²) in [6.07, 6.45) is 3.66. The lowest BCUT2D eigenvalue weighted by Crippen LogP contribution is -2.09. The third-order valence-electron chi connectivity index (χ3n) is 3.07. The summed E-state index contributed by atoms with van der Waals surface area (Å²) in [5.41, 5.74) is 7.63. The molecule has 1 unspecified atom stereocenters. The van der Waals surface area contributed by atoms with Crippen molar-refractivity contribution in [2.75, 3.05) is 18.8 Å². The highest BCUT2D eigenvalue weighted by atomic mass is 35.5. The minimum absolute atomic E-state index is 0.669. The Morgan fingerprint density at radius 3 is 3.00 bits per heavy atom. The second-order valence-electron chi connectivity index (χ2n) is 4.25. The molecule has 1 atom stereocenters. The van der Waals surface area contributed by atoms with Gasteiger partial charge in [0, 0.05) is 0 Å². The van der Waals surface area contributed by atoms with Gasteiger partial charge in [0.1, 0.15) is 0 Å². The van der Waals surface area contributed by atoms with E-state index in [4.69, 9.17) is 17.3 Å². The molecule has 0 bridgehead atoms. The predicted octanol–water partition coefficient (Wildman–Crippen LogP) is 2.46. The van der Waals surface area contributed by atoms with Crippen molar-refractivity contribution in [2.24, 2.45) is 5.92 Å². The van der Waals surface area contributed by atoms with E-state index in [1.807, 2.05) is 12.1 Å². The van der Waals surface area contributed by atoms with Gasteiger partial charge in [-0.3, -0.25) is 0 Å². The van der Waals surface area contributed by atoms with Crippen LogP contribution in [0.25, 0.3) is 0 Å². The van der Waals surface area contributed by atoms with Gasteiger partial charge in [-0.2, -0.15) is 0 Å². The first kappa shape index (κ1) is 10.8. The van der Waals surface area contributed by atoms with Crippen molar-refractivity contribution in [2.45, 2.75) is 19.3 Å². The molecule has 0 spiro atoms. The zero-order valence-electron chi connectivity index (χ0n) is 8.80. The molecule has 1 heterocycles. The molecule has 0 amide bonds. The first-order valence-electron chi connectivity index (χ1n) is 5.50. The molecule has 3 heteroatoms. The summed E-state index contributed by atoms with van der Waals surface area (Å²) in [6, 6.07) is 5.95. The monoisotopic (exact) mass is 224 g/mol. The predicted molar refractivity (Wildman–Crippen MR) is 65.2 cm³/mol. The summed E-state index contributed by atoms with van der Waals surface area (Å²) in [6.45, 7) is 2.34. The van der Waals surface area contributed by atoms with Crippen LogP contribution in [0.2, 0.25) is 5.02 Å². The number of nitrogens with one attached hydrogen (secondary N) is 1. The second-order valence-corrected chi connectivity index (χ2v) is 4.66. The quantitative estimate of drug-likeness (QED) is 0.775. The van der Waals surface area contributed by atoms with Crippen LogP contribution in [0.3, 0.4) is 0 Å². The number of rotatable bonds is 3. The Hall–Kier alpha value is -0.730. The highest BCUT2D eigenvalue weighted by Crippen LogP contribution is 2.22. The molecule has 0 saturated carbocycles. The van der Waals surface area contributed by atoms with E-state index in [-0.39, 0.29) is 0 Å². The fraction of sp³-hybridized carbons (Fsp3) is 0.500. The van der Waals surface area contributed by atoms with Crippen molar-refractivity contribution in [1.82, 2.24) is 5.32 Å². The molecule has 1 saturated heterocycles. The van der Waals surface area contributed by atoms with E-state index < -0.39 is 0 Å². The first-order valence-corrected chi connectivity index (χ1v) is 5.88. The van der Waals surface area contributed by atoms with Crippen LogP contribution in [0.1, 0.15) is 18.4 Å². The molecule has 1 fully saturated rings. The highest BCUT2D eigenvalue weighted by molar-refractivity contribution is 6.33. The van der Waals surface area contributed by atoms with Gasteiger partial charge in [0.05, 0.1) is 10.7 Å². The van der Waals surface area contributed by atoms with Gasteiger partial charge in [0.25, 0.3) is 0 Å². The molecule has 0 aromatic heterocycles. The van der Waals surface area contributed by atoms with Crippen LogP contribution in [-0.2, 0) is 6.42 Å². The Balaban J connectivity index is 1.90. The van der Waals surface area contributed by atoms with Crippen LogP contribution < -0.4 is 11.1 Å². The number of halogens is 1. The summed E-state index contributed by atoms with van der Waals surface area (Å²) in [5.74, 6) is 0.835. The van der Waals surface area contributed by atoms with Crippen molar-refractivity contribution in [3.05, 3.63) is 28.8 Å². The van der Waals surface area contributed by atoms with Crippen LogP contribution in [0.15, 0.2) is 18.2 Å². The van der Waals surface area contributed by atoms with Crippen LogP contribution in [0.4, 0.5) is 5.69 Å². The largest absolute Gasteiger partial charge is 0.398 e. The van der Waals surface area contributed by atoms with Crippen LogP contribution in [0, 0.1) is 5.92 Å². The van der Waals surface area contributed by atoms with Crippen molar-refractivity contribution in [1.29, 1.82) is 0 Å². The Morgan fingerprint density at radius 2 is 2.33 bits per heavy atom. The molecule has 1 aromatic rings. The fourth-order valence-corrected chi connectivity index (χ4v) is 2.26. The lowest BCUT2D eigenvalue weighted by atomic mass is 9.99. The number of anilines is 1. The molecule has 2 rings (SSSR count). The molecule has 2 nitrogen and oxygen atoms in total. The van der Waals surface area contributed by atoms with Crippen molar-refractivity contribution < 1.29 is 0 Å². The maximum absolute atomic E-state index is 5.97. The highest BCUT2D eigenvalue weighted by Gasteiger charge is 2.13. The van der Waals surface area contributed by atoms with Gasteiger partial charge in [-0.25, -0.2) is 0 Å². The molecule has 15 heavy (non-hydrogen) atoms. The van der Waals surface area contributed by atoms with Gasteiger partial charge < -0.3 is 11.1 Å². The lowest BCUT2D eigenvalue weighted by Gasteiger charge is -2.08. The van der Waals surface area contributed by atoms with E-state index in [0.717, 1.165) is 12.3 Å². The fourth-order valence-electron chi connectivity index (χ4n) is 2.06. The molecular weight excluding hydrogens is 208 g/mol. The molecule has 0 aliphatic carbocycles. The van der Waals surface area contributed by atoms with Crippen LogP contribution >= 0.6 is 11.6 Å². The standard InChI is InChI=1S/C12H17ClN2/c13-11-7-9(3-4-12(11)14)1-2-10-5-6-15-8-10/h3-4,7,10,15H,1-2,5-6,8,14H2. The van der Waals surface area contributed by atoms with Gasteiger partial charge >= 0.3 is 0 Å². The van der Waals surface area contributed by atoms with Gasteiger partial charge in [-0.05, 0) is 56.0 Å². The van der Waals surface area contributed by atoms with Crippen LogP contribution in [0.5, 0.6) is 0 Å². The molecule has 0 radical (unpaired) electrons. The second kappa shape index (κ2) is 4.86. The first-order chi connectivity index (χ1) is 7.25. The van der Waals surface area contributed by atoms with Gasteiger partial charge in [-0.1, -0.05) is 17.7 Å². The Labute approximate surface area is 95.8 Å². The Bertz CT molecular complexity index is 332. The normalized spacial score (nSPS) is 20.7. The lowest BCUT2D eigenvalue weighted by molar-refractivity contribution is 0.533. The number of nitrogens with two attached hydrogens (primary N) is 1. The summed E-state index contributed by atoms with van der Waals surface area (Å²) < 4.78 is 0. The SMILES string of the molecule is Nc1ccc(CCC2CCNC2)cc1Cl. The zero-order valence-corrected chi connectivity index (χ0v) is 9.56. The van der Waals surface area contributed by atoms with Gasteiger partial charge in [0.15, 0.2) is 0 Å². The molecule has 1 aliphatic rings. The Kier molecular flexibility index (Phi) is 3.49. The third kappa shape index (κ3) is 2.86. The third-order valence-corrected chi connectivity index (χ3v) is 3.40. The molecule has 3 N–H and O–H groups in total. The topological polar surface area (TPSA) is 38.0 Å². The van der Waals surface area contributed by atoms with Crippen molar-refractivity contribution >= 4 is 17.3 Å². The molecule has 82 valence electrons. The number of hydrogen-bond acceptors (Lipinski definition) is 2. The van der Waals surface area contributed by atoms with Crippen molar-refractivity contribution in [3.8, 4) is 0 Å². The maximum Gasteiger partial charge on any atom is 0.0638 e. The summed E-state index contributed by atoms with van der Waals surface area (Å²) in [5, 5.41) is 4.06. The van der Waals surface area contributed by atoms with E-state index in [1.54, 1.807) is 0 Å². The summed E-state index contributed by atoms with van der Waals surface area (Å²) in [7, 11) is 0. The zero-order chi connectivity index (χ0) is 10.7. The molecule has 1 aliphatic heterocycles. The summed E-state index contributed by atoms with van der Waals surface area (Å²) >= 11 is 5.97. The Morgan fingerprint density at radius 1 is 1.47 bits per heavy atom. The minimum Gasteiger partial charge on any atom is -0.398 e. The van der Waals surface area contributed by atoms with E-state index in [2.05, 4.69) is 11.4 Å². The maximum atomic E-state index is 5.97.